The molecular formula is C24H27N3O. The molecule has 0 unspecified atom stereocenters. The molecule has 144 valence electrons. The number of aromatic nitrogens is 1. The van der Waals surface area contributed by atoms with E-state index in [-0.39, 0.29) is 5.91 Å². The van der Waals surface area contributed by atoms with Crippen LogP contribution in [-0.2, 0) is 13.0 Å². The Balaban J connectivity index is 1.60. The summed E-state index contributed by atoms with van der Waals surface area (Å²) in [5.41, 5.74) is 6.42. The molecule has 28 heavy (non-hydrogen) atoms. The first kappa shape index (κ1) is 18.6. The Morgan fingerprint density at radius 3 is 2.68 bits per heavy atom. The average Bonchev–Trinajstić information content (AvgIpc) is 2.68. The Kier molecular flexibility index (Phi) is 4.90. The quantitative estimate of drug-likeness (QED) is 0.697. The van der Waals surface area contributed by atoms with Crippen LogP contribution in [0.25, 0.3) is 10.9 Å². The first-order valence-electron chi connectivity index (χ1n) is 9.83. The molecule has 0 bridgehead atoms. The van der Waals surface area contributed by atoms with Gasteiger partial charge >= 0.3 is 0 Å². The topological polar surface area (TPSA) is 36.4 Å². The molecule has 4 heteroatoms. The van der Waals surface area contributed by atoms with E-state index in [0.29, 0.717) is 12.6 Å². The zero-order valence-electron chi connectivity index (χ0n) is 17.1. The molecule has 0 N–H and O–H groups in total. The van der Waals surface area contributed by atoms with Crippen LogP contribution in [0.15, 0.2) is 48.5 Å². The summed E-state index contributed by atoms with van der Waals surface area (Å²) in [4.78, 5) is 22.2. The molecule has 3 aromatic rings. The highest BCUT2D eigenvalue weighted by Crippen LogP contribution is 2.25. The minimum absolute atomic E-state index is 0.0633. The Morgan fingerprint density at radius 1 is 1.14 bits per heavy atom. The van der Waals surface area contributed by atoms with E-state index in [1.54, 1.807) is 0 Å². The number of pyridine rings is 1. The van der Waals surface area contributed by atoms with Gasteiger partial charge < -0.3 is 4.90 Å². The summed E-state index contributed by atoms with van der Waals surface area (Å²) in [5.74, 6) is 0.0633. The van der Waals surface area contributed by atoms with E-state index in [1.807, 2.05) is 50.1 Å². The molecule has 0 saturated heterocycles. The first-order valence-corrected chi connectivity index (χ1v) is 9.83. The molecule has 1 amide bonds. The van der Waals surface area contributed by atoms with E-state index < -0.39 is 0 Å². The van der Waals surface area contributed by atoms with Gasteiger partial charge in [-0.15, -0.1) is 0 Å². The van der Waals surface area contributed by atoms with Crippen molar-refractivity contribution in [2.24, 2.45) is 0 Å². The summed E-state index contributed by atoms with van der Waals surface area (Å²) in [6, 6.07) is 16.9. The maximum Gasteiger partial charge on any atom is 0.254 e. The summed E-state index contributed by atoms with van der Waals surface area (Å²) in [6.07, 6.45) is 0.972. The molecule has 1 atom stereocenters. The standard InChI is InChI=1S/C24H27N3O/c1-16-8-7-11-21-22(12-17(2)25-23(16)21)24(28)27(4)15-20-13-18-9-5-6-10-19(18)14-26(20)3/h5-12,20H,13-15H2,1-4H3/t20-/m0/s1. The lowest BCUT2D eigenvalue weighted by Gasteiger charge is -2.36. The van der Waals surface area contributed by atoms with Crippen LogP contribution in [0, 0.1) is 13.8 Å². The second-order valence-electron chi connectivity index (χ2n) is 8.01. The van der Waals surface area contributed by atoms with E-state index in [4.69, 9.17) is 0 Å². The molecule has 2 heterocycles. The predicted octanol–water partition coefficient (Wildman–Crippen LogP) is 3.98. The van der Waals surface area contributed by atoms with Crippen LogP contribution in [0.4, 0.5) is 0 Å². The number of nitrogens with zero attached hydrogens (tertiary/aromatic N) is 3. The number of fused-ring (bicyclic) bond motifs is 2. The molecule has 4 rings (SSSR count). The summed E-state index contributed by atoms with van der Waals surface area (Å²) in [7, 11) is 4.06. The number of aryl methyl sites for hydroxylation is 2. The van der Waals surface area contributed by atoms with Crippen LogP contribution in [0.3, 0.4) is 0 Å². The van der Waals surface area contributed by atoms with Gasteiger partial charge in [-0.3, -0.25) is 14.7 Å². The van der Waals surface area contributed by atoms with Gasteiger partial charge in [0, 0.05) is 37.3 Å². The lowest BCUT2D eigenvalue weighted by atomic mass is 9.94. The molecular weight excluding hydrogens is 346 g/mol. The van der Waals surface area contributed by atoms with E-state index in [2.05, 4.69) is 41.2 Å². The third kappa shape index (κ3) is 3.40. The number of rotatable bonds is 3. The van der Waals surface area contributed by atoms with Crippen LogP contribution < -0.4 is 0 Å². The molecule has 0 aliphatic carbocycles. The van der Waals surface area contributed by atoms with Crippen molar-refractivity contribution in [3.8, 4) is 0 Å². The highest BCUT2D eigenvalue weighted by atomic mass is 16.2. The summed E-state index contributed by atoms with van der Waals surface area (Å²) in [5, 5.41) is 0.935. The number of carbonyl (C=O) groups excluding carboxylic acids is 1. The van der Waals surface area contributed by atoms with Gasteiger partial charge in [0.1, 0.15) is 0 Å². The monoisotopic (exact) mass is 373 g/mol. The lowest BCUT2D eigenvalue weighted by Crippen LogP contribution is -2.46. The average molecular weight is 374 g/mol. The third-order valence-corrected chi connectivity index (χ3v) is 5.85. The van der Waals surface area contributed by atoms with Crippen molar-refractivity contribution in [2.45, 2.75) is 32.9 Å². The predicted molar refractivity (Wildman–Crippen MR) is 114 cm³/mol. The highest BCUT2D eigenvalue weighted by Gasteiger charge is 2.26. The van der Waals surface area contributed by atoms with Crippen LogP contribution in [0.5, 0.6) is 0 Å². The zero-order chi connectivity index (χ0) is 19.8. The van der Waals surface area contributed by atoms with Gasteiger partial charge in [-0.25, -0.2) is 0 Å². The number of likely N-dealkylation sites (N-methyl/N-ethyl adjacent to an activating group) is 2. The second kappa shape index (κ2) is 7.36. The summed E-state index contributed by atoms with van der Waals surface area (Å²) >= 11 is 0. The van der Waals surface area contributed by atoms with Crippen molar-refractivity contribution < 1.29 is 4.79 Å². The van der Waals surface area contributed by atoms with E-state index in [0.717, 1.165) is 40.7 Å². The van der Waals surface area contributed by atoms with Gasteiger partial charge in [0.2, 0.25) is 0 Å². The SMILES string of the molecule is Cc1cc(C(=O)N(C)C[C@@H]2Cc3ccccc3CN2C)c2cccc(C)c2n1. The number of benzene rings is 2. The lowest BCUT2D eigenvalue weighted by molar-refractivity contribution is 0.0735. The smallest absolute Gasteiger partial charge is 0.254 e. The second-order valence-corrected chi connectivity index (χ2v) is 8.01. The summed E-state index contributed by atoms with van der Waals surface area (Å²) in [6.45, 7) is 5.63. The first-order chi connectivity index (χ1) is 13.4. The normalized spacial score (nSPS) is 16.8. The number of carbonyl (C=O) groups is 1. The molecule has 4 nitrogen and oxygen atoms in total. The molecule has 0 spiro atoms. The van der Waals surface area contributed by atoms with Gasteiger partial charge in [0.05, 0.1) is 11.1 Å². The van der Waals surface area contributed by atoms with Crippen LogP contribution in [-0.4, -0.2) is 47.4 Å². The van der Waals surface area contributed by atoms with Crippen molar-refractivity contribution in [3.63, 3.8) is 0 Å². The van der Waals surface area contributed by atoms with Crippen molar-refractivity contribution in [3.05, 3.63) is 76.5 Å². The Bertz CT molecular complexity index is 1040. The van der Waals surface area contributed by atoms with E-state index in [1.165, 1.54) is 11.1 Å². The fourth-order valence-corrected chi connectivity index (χ4v) is 4.22. The Hall–Kier alpha value is -2.72. The fourth-order valence-electron chi connectivity index (χ4n) is 4.22. The molecule has 1 aromatic heterocycles. The van der Waals surface area contributed by atoms with Gasteiger partial charge in [-0.2, -0.15) is 0 Å². The summed E-state index contributed by atoms with van der Waals surface area (Å²) < 4.78 is 0. The fraction of sp³-hybridized carbons (Fsp3) is 0.333. The largest absolute Gasteiger partial charge is 0.340 e. The Labute approximate surface area is 166 Å². The Morgan fingerprint density at radius 2 is 1.89 bits per heavy atom. The van der Waals surface area contributed by atoms with Crippen LogP contribution in [0.1, 0.15) is 32.7 Å². The van der Waals surface area contributed by atoms with Crippen LogP contribution in [0.2, 0.25) is 0 Å². The van der Waals surface area contributed by atoms with Crippen molar-refractivity contribution >= 4 is 16.8 Å². The maximum atomic E-state index is 13.3. The molecule has 2 aromatic carbocycles. The number of hydrogen-bond acceptors (Lipinski definition) is 3. The minimum Gasteiger partial charge on any atom is -0.340 e. The van der Waals surface area contributed by atoms with Gasteiger partial charge in [-0.05, 0) is 50.1 Å². The minimum atomic E-state index is 0.0633. The highest BCUT2D eigenvalue weighted by molar-refractivity contribution is 6.06. The number of hydrogen-bond donors (Lipinski definition) is 0. The maximum absolute atomic E-state index is 13.3. The van der Waals surface area contributed by atoms with Crippen molar-refractivity contribution in [2.75, 3.05) is 20.6 Å². The molecule has 1 aliphatic heterocycles. The van der Waals surface area contributed by atoms with Crippen molar-refractivity contribution in [1.29, 1.82) is 0 Å². The third-order valence-electron chi connectivity index (χ3n) is 5.85. The van der Waals surface area contributed by atoms with E-state index in [9.17, 15) is 4.79 Å². The molecule has 1 aliphatic rings. The van der Waals surface area contributed by atoms with Gasteiger partial charge in [0.15, 0.2) is 0 Å². The number of amides is 1. The van der Waals surface area contributed by atoms with Crippen LogP contribution >= 0.6 is 0 Å². The molecule has 0 fully saturated rings. The van der Waals surface area contributed by atoms with Gasteiger partial charge in [0.25, 0.3) is 5.91 Å². The molecule has 0 saturated carbocycles. The van der Waals surface area contributed by atoms with E-state index >= 15 is 0 Å². The zero-order valence-corrected chi connectivity index (χ0v) is 17.1. The molecule has 0 radical (unpaired) electrons. The number of para-hydroxylation sites is 1. The van der Waals surface area contributed by atoms with Gasteiger partial charge in [-0.1, -0.05) is 42.5 Å². The van der Waals surface area contributed by atoms with Crippen molar-refractivity contribution in [1.82, 2.24) is 14.8 Å².